The fraction of sp³-hybridized carbons (Fsp3) is 0.536. The summed E-state index contributed by atoms with van der Waals surface area (Å²) in [6.45, 7) is -0.646. The maximum Gasteiger partial charge on any atom is 0.315 e. The summed E-state index contributed by atoms with van der Waals surface area (Å²) in [7, 11) is 6.14. The van der Waals surface area contributed by atoms with Gasteiger partial charge >= 0.3 is 6.03 Å². The van der Waals surface area contributed by atoms with Crippen molar-refractivity contribution < 1.29 is 33.9 Å². The number of amides is 3. The number of halogens is 3. The quantitative estimate of drug-likeness (QED) is 0.155. The maximum absolute atomic E-state index is 14.5. The molecule has 0 heterocycles. The Labute approximate surface area is 278 Å². The second kappa shape index (κ2) is 11.6. The van der Waals surface area contributed by atoms with Crippen molar-refractivity contribution in [2.24, 2.45) is 34.5 Å². The third-order valence-corrected chi connectivity index (χ3v) is 9.42. The van der Waals surface area contributed by atoms with Gasteiger partial charge in [0.2, 0.25) is 9.70 Å². The number of nitrogens with two attached hydrogens (primary N) is 3. The lowest BCUT2D eigenvalue weighted by Gasteiger charge is -2.60. The van der Waals surface area contributed by atoms with Gasteiger partial charge in [0.15, 0.2) is 34.5 Å². The van der Waals surface area contributed by atoms with Crippen molar-refractivity contribution >= 4 is 75.6 Å². The second-order valence-corrected chi connectivity index (χ2v) is 14.9. The van der Waals surface area contributed by atoms with Gasteiger partial charge in [-0.3, -0.25) is 28.9 Å². The van der Waals surface area contributed by atoms with E-state index in [1.807, 2.05) is 0 Å². The van der Waals surface area contributed by atoms with E-state index in [0.29, 0.717) is 5.69 Å². The first kappa shape index (κ1) is 35.3. The molecule has 0 spiro atoms. The topological polar surface area (TPSA) is 255 Å². The number of nitriles is 1. The molecule has 1 aromatic carbocycles. The predicted molar refractivity (Wildman–Crippen MR) is 166 cm³/mol. The molecule has 3 aliphatic rings. The maximum atomic E-state index is 14.5. The summed E-state index contributed by atoms with van der Waals surface area (Å²) in [5.74, 6) is -10.7. The van der Waals surface area contributed by atoms with Crippen LogP contribution in [0.4, 0.5) is 10.5 Å². The number of nitrogens with one attached hydrogen (secondary N) is 2. The third-order valence-electron chi connectivity index (χ3n) is 9.02. The number of carbonyl (C=O) groups excluding carboxylic acids is 6. The molecule has 15 nitrogen and oxygen atoms in total. The SMILES string of the molecule is CN(C)c1cc(CNC(=O)NCC(Cl)(Cl)Cl)c(O)c2c1C[C@@]1(N)C[C@@]3(N)[C@H](N(C)C)C(=O)C(C(N)=O)C(=O)[C@@]3(C#N)C(=O)C1C2=O. The predicted octanol–water partition coefficient (Wildman–Crippen LogP) is -0.956. The molecule has 18 heteroatoms. The van der Waals surface area contributed by atoms with Crippen LogP contribution in [0.3, 0.4) is 0 Å². The third kappa shape index (κ3) is 5.17. The number of carbonyl (C=O) groups is 6. The summed E-state index contributed by atoms with van der Waals surface area (Å²) in [6, 6.07) is 0.899. The average Bonchev–Trinajstić information content (AvgIpc) is 2.89. The number of rotatable bonds is 6. The highest BCUT2D eigenvalue weighted by Gasteiger charge is 2.78. The fourth-order valence-corrected chi connectivity index (χ4v) is 7.46. The molecule has 3 amide bonds. The van der Waals surface area contributed by atoms with Crippen LogP contribution >= 0.6 is 34.8 Å². The first-order valence-corrected chi connectivity index (χ1v) is 15.0. The zero-order chi connectivity index (χ0) is 34.9. The number of alkyl halides is 3. The van der Waals surface area contributed by atoms with E-state index in [-0.39, 0.29) is 36.2 Å². The second-order valence-electron chi connectivity index (χ2n) is 12.4. The Bertz CT molecular complexity index is 1620. The summed E-state index contributed by atoms with van der Waals surface area (Å²) in [5.41, 5.74) is 12.5. The van der Waals surface area contributed by atoms with Gasteiger partial charge < -0.3 is 37.8 Å². The molecule has 0 bridgehead atoms. The van der Waals surface area contributed by atoms with Crippen molar-refractivity contribution in [3.8, 4) is 11.8 Å². The van der Waals surface area contributed by atoms with Crippen molar-refractivity contribution in [2.75, 3.05) is 39.6 Å². The summed E-state index contributed by atoms with van der Waals surface area (Å²) >= 11 is 17.0. The molecule has 2 fully saturated rings. The van der Waals surface area contributed by atoms with Crippen LogP contribution in [0.2, 0.25) is 0 Å². The number of urea groups is 1. The number of anilines is 1. The largest absolute Gasteiger partial charge is 0.507 e. The lowest BCUT2D eigenvalue weighted by atomic mass is 9.42. The van der Waals surface area contributed by atoms with Gasteiger partial charge in [-0.2, -0.15) is 5.26 Å². The van der Waals surface area contributed by atoms with Crippen molar-refractivity contribution in [2.45, 2.75) is 40.3 Å². The van der Waals surface area contributed by atoms with E-state index in [9.17, 15) is 39.1 Å². The molecule has 6 atom stereocenters. The van der Waals surface area contributed by atoms with Crippen LogP contribution in [-0.4, -0.2) is 101 Å². The molecule has 2 unspecified atom stereocenters. The normalized spacial score (nSPS) is 30.6. The molecule has 46 heavy (non-hydrogen) atoms. The monoisotopic (exact) mass is 698 g/mol. The van der Waals surface area contributed by atoms with Crippen molar-refractivity contribution in [1.82, 2.24) is 15.5 Å². The van der Waals surface area contributed by atoms with Gasteiger partial charge in [-0.25, -0.2) is 4.79 Å². The molecule has 1 aromatic rings. The van der Waals surface area contributed by atoms with Crippen molar-refractivity contribution in [3.05, 3.63) is 22.8 Å². The van der Waals surface area contributed by atoms with Crippen LogP contribution < -0.4 is 32.7 Å². The van der Waals surface area contributed by atoms with E-state index in [1.54, 1.807) is 25.1 Å². The number of phenols is 1. The molecule has 0 aromatic heterocycles. The first-order chi connectivity index (χ1) is 21.1. The van der Waals surface area contributed by atoms with Crippen LogP contribution in [-0.2, 0) is 32.1 Å². The number of fused-ring (bicyclic) bond motifs is 3. The van der Waals surface area contributed by atoms with Crippen molar-refractivity contribution in [3.63, 3.8) is 0 Å². The van der Waals surface area contributed by atoms with Crippen LogP contribution in [0.15, 0.2) is 6.07 Å². The van der Waals surface area contributed by atoms with Gasteiger partial charge in [-0.15, -0.1) is 0 Å². The van der Waals surface area contributed by atoms with Gasteiger partial charge in [0.1, 0.15) is 11.7 Å². The molecule has 0 radical (unpaired) electrons. The van der Waals surface area contributed by atoms with Crippen LogP contribution in [0.25, 0.3) is 0 Å². The van der Waals surface area contributed by atoms with Gasteiger partial charge in [-0.05, 0) is 38.6 Å². The summed E-state index contributed by atoms with van der Waals surface area (Å²) < 4.78 is -1.77. The van der Waals surface area contributed by atoms with E-state index in [1.165, 1.54) is 25.1 Å². The summed E-state index contributed by atoms with van der Waals surface area (Å²) in [4.78, 5) is 83.8. The Morgan fingerprint density at radius 1 is 1.11 bits per heavy atom. The van der Waals surface area contributed by atoms with Gasteiger partial charge in [0.05, 0.1) is 29.8 Å². The highest BCUT2D eigenvalue weighted by Crippen LogP contribution is 2.57. The summed E-state index contributed by atoms with van der Waals surface area (Å²) in [6.07, 6.45) is -0.785. The van der Waals surface area contributed by atoms with Gasteiger partial charge in [0.25, 0.3) is 0 Å². The first-order valence-electron chi connectivity index (χ1n) is 13.8. The Morgan fingerprint density at radius 2 is 1.72 bits per heavy atom. The fourth-order valence-electron chi connectivity index (χ4n) is 7.26. The highest BCUT2D eigenvalue weighted by molar-refractivity contribution is 6.67. The van der Waals surface area contributed by atoms with Crippen LogP contribution in [0, 0.1) is 28.6 Å². The van der Waals surface area contributed by atoms with Crippen molar-refractivity contribution in [1.29, 1.82) is 5.26 Å². The number of hydrogen-bond acceptors (Lipinski definition) is 12. The number of aromatic hydroxyl groups is 1. The standard InChI is InChI=1S/C28H33Cl3N8O7/c1-38(2)13-5-11(7-36-24(46)37-10-28(29,30)31)17(40)14-12(13)6-25(34)8-27(35)20(39(3)4)19(42)15(23(33)45)21(43)26(27,9-32)22(44)16(25)18(14)41/h5,15-16,20,40H,6-8,10,34-35H2,1-4H3,(H2,33,45)(H2,36,37,46)/t15?,16?,20-,25-,26+,27-/m1/s1. The molecule has 2 saturated carbocycles. The molecule has 0 aliphatic heterocycles. The molecular formula is C28H33Cl3N8O7. The van der Waals surface area contributed by atoms with Gasteiger partial charge in [0, 0.05) is 37.4 Å². The van der Waals surface area contributed by atoms with Crippen LogP contribution in [0.1, 0.15) is 27.9 Å². The van der Waals surface area contributed by atoms with E-state index in [4.69, 9.17) is 52.0 Å². The molecule has 248 valence electrons. The zero-order valence-corrected chi connectivity index (χ0v) is 27.5. The zero-order valence-electron chi connectivity index (χ0n) is 25.2. The van der Waals surface area contributed by atoms with E-state index in [2.05, 4.69) is 10.6 Å². The Balaban J connectivity index is 1.88. The van der Waals surface area contributed by atoms with Gasteiger partial charge in [-0.1, -0.05) is 34.8 Å². The Morgan fingerprint density at radius 3 is 2.22 bits per heavy atom. The molecule has 0 saturated heterocycles. The summed E-state index contributed by atoms with van der Waals surface area (Å²) in [5, 5.41) is 26.7. The number of phenolic OH excluding ortho intramolecular Hbond substituents is 1. The molecule has 3 aliphatic carbocycles. The Kier molecular flexibility index (Phi) is 8.93. The number of ketones is 4. The number of benzene rings is 1. The Hall–Kier alpha value is -3.52. The minimum Gasteiger partial charge on any atom is -0.507 e. The van der Waals surface area contributed by atoms with E-state index >= 15 is 0 Å². The molecular weight excluding hydrogens is 667 g/mol. The minimum absolute atomic E-state index is 0.0663. The number of Topliss-reactive ketones (excluding diaryl/α,β-unsaturated/α-hetero) is 4. The highest BCUT2D eigenvalue weighted by atomic mass is 35.6. The van der Waals surface area contributed by atoms with Crippen LogP contribution in [0.5, 0.6) is 5.75 Å². The number of primary amides is 1. The smallest absolute Gasteiger partial charge is 0.315 e. The number of hydrogen-bond donors (Lipinski definition) is 6. The lowest BCUT2D eigenvalue weighted by Crippen LogP contribution is -2.85. The molecule has 4 rings (SSSR count). The minimum atomic E-state index is -2.87. The average molecular weight is 700 g/mol. The van der Waals surface area contributed by atoms with E-state index in [0.717, 1.165) is 0 Å². The lowest BCUT2D eigenvalue weighted by molar-refractivity contribution is -0.166. The van der Waals surface area contributed by atoms with E-state index < -0.39 is 85.4 Å². The number of likely N-dealkylation sites (N-methyl/N-ethyl adjacent to an activating group) is 1. The number of nitrogens with zero attached hydrogens (tertiary/aromatic N) is 3. The molecule has 9 N–H and O–H groups in total.